The molecule has 0 aromatic heterocycles. The van der Waals surface area contributed by atoms with Crippen molar-refractivity contribution in [2.75, 3.05) is 18.5 Å². The van der Waals surface area contributed by atoms with Gasteiger partial charge in [-0.2, -0.15) is 0 Å². The first-order valence-corrected chi connectivity index (χ1v) is 5.46. The molecule has 0 aliphatic carbocycles. The molecule has 0 atom stereocenters. The summed E-state index contributed by atoms with van der Waals surface area (Å²) in [6, 6.07) is 6.66. The van der Waals surface area contributed by atoms with Gasteiger partial charge in [-0.25, -0.2) is 0 Å². The Morgan fingerprint density at radius 2 is 2.12 bits per heavy atom. The number of benzene rings is 1. The number of rotatable bonds is 5. The van der Waals surface area contributed by atoms with Gasteiger partial charge in [-0.05, 0) is 18.2 Å². The number of nitrogens with one attached hydrogen (secondary N) is 2. The van der Waals surface area contributed by atoms with Crippen LogP contribution in [0, 0.1) is 0 Å². The molecule has 5 nitrogen and oxygen atoms in total. The van der Waals surface area contributed by atoms with Crippen molar-refractivity contribution >= 4 is 17.5 Å². The number of aliphatic hydroxyl groups excluding tert-OH is 1. The minimum atomic E-state index is -0.272. The van der Waals surface area contributed by atoms with Crippen LogP contribution in [-0.4, -0.2) is 30.1 Å². The van der Waals surface area contributed by atoms with Crippen LogP contribution < -0.4 is 10.6 Å². The Balaban J connectivity index is 2.71. The number of carbonyl (C=O) groups is 2. The summed E-state index contributed by atoms with van der Waals surface area (Å²) in [5, 5.41) is 13.8. The third-order valence-electron chi connectivity index (χ3n) is 2.13. The van der Waals surface area contributed by atoms with Crippen LogP contribution >= 0.6 is 0 Å². The van der Waals surface area contributed by atoms with Crippen molar-refractivity contribution in [3.05, 3.63) is 29.8 Å². The predicted molar refractivity (Wildman–Crippen MR) is 64.8 cm³/mol. The van der Waals surface area contributed by atoms with Gasteiger partial charge in [0, 0.05) is 24.2 Å². The van der Waals surface area contributed by atoms with Crippen molar-refractivity contribution in [2.45, 2.75) is 13.3 Å². The summed E-state index contributed by atoms with van der Waals surface area (Å²) in [6.07, 6.45) is 0.390. The zero-order valence-electron chi connectivity index (χ0n) is 9.69. The third kappa shape index (κ3) is 4.24. The summed E-state index contributed by atoms with van der Waals surface area (Å²) in [4.78, 5) is 22.8. The molecular formula is C12H16N2O3. The van der Waals surface area contributed by atoms with Crippen LogP contribution in [0.1, 0.15) is 23.7 Å². The van der Waals surface area contributed by atoms with Gasteiger partial charge in [0.2, 0.25) is 5.91 Å². The predicted octanol–water partition coefficient (Wildman–Crippen LogP) is 0.757. The van der Waals surface area contributed by atoms with Crippen LogP contribution in [0.3, 0.4) is 0 Å². The van der Waals surface area contributed by atoms with Gasteiger partial charge in [-0.3, -0.25) is 9.59 Å². The van der Waals surface area contributed by atoms with E-state index in [-0.39, 0.29) is 25.0 Å². The Morgan fingerprint density at radius 1 is 1.35 bits per heavy atom. The Morgan fingerprint density at radius 3 is 2.76 bits per heavy atom. The normalized spacial score (nSPS) is 9.76. The van der Waals surface area contributed by atoms with E-state index in [2.05, 4.69) is 10.6 Å². The molecule has 17 heavy (non-hydrogen) atoms. The molecule has 0 saturated carbocycles. The van der Waals surface area contributed by atoms with Gasteiger partial charge in [0.25, 0.3) is 5.91 Å². The fourth-order valence-electron chi connectivity index (χ4n) is 1.26. The summed E-state index contributed by atoms with van der Waals surface area (Å²) >= 11 is 0. The van der Waals surface area contributed by atoms with Gasteiger partial charge in [0.05, 0.1) is 6.61 Å². The van der Waals surface area contributed by atoms with E-state index in [1.165, 1.54) is 0 Å². The molecule has 92 valence electrons. The van der Waals surface area contributed by atoms with Crippen molar-refractivity contribution in [3.63, 3.8) is 0 Å². The van der Waals surface area contributed by atoms with Crippen LogP contribution in [0.5, 0.6) is 0 Å². The molecule has 0 saturated heterocycles. The van der Waals surface area contributed by atoms with Crippen molar-refractivity contribution in [3.8, 4) is 0 Å². The van der Waals surface area contributed by atoms with Crippen molar-refractivity contribution in [2.24, 2.45) is 0 Å². The fraction of sp³-hybridized carbons (Fsp3) is 0.333. The molecule has 1 aromatic rings. The number of hydrogen-bond acceptors (Lipinski definition) is 3. The number of aliphatic hydroxyl groups is 1. The number of hydrogen-bond donors (Lipinski definition) is 3. The number of amides is 2. The second kappa shape index (κ2) is 6.65. The van der Waals surface area contributed by atoms with Gasteiger partial charge in [0.1, 0.15) is 0 Å². The van der Waals surface area contributed by atoms with Crippen molar-refractivity contribution in [1.82, 2.24) is 5.32 Å². The maximum atomic E-state index is 11.6. The van der Waals surface area contributed by atoms with E-state index in [9.17, 15) is 9.59 Å². The maximum Gasteiger partial charge on any atom is 0.251 e. The SMILES string of the molecule is CCC(=O)Nc1cccc(C(=O)NCCO)c1. The molecule has 0 aliphatic rings. The van der Waals surface area contributed by atoms with Gasteiger partial charge < -0.3 is 15.7 Å². The van der Waals surface area contributed by atoms with Gasteiger partial charge >= 0.3 is 0 Å². The molecular weight excluding hydrogens is 220 g/mol. The molecule has 2 amide bonds. The quantitative estimate of drug-likeness (QED) is 0.706. The van der Waals surface area contributed by atoms with E-state index in [1.54, 1.807) is 31.2 Å². The molecule has 0 spiro atoms. The lowest BCUT2D eigenvalue weighted by Crippen LogP contribution is -2.26. The zero-order chi connectivity index (χ0) is 12.7. The Hall–Kier alpha value is -1.88. The topological polar surface area (TPSA) is 78.4 Å². The molecule has 0 heterocycles. The molecule has 0 unspecified atom stereocenters. The zero-order valence-corrected chi connectivity index (χ0v) is 9.69. The van der Waals surface area contributed by atoms with E-state index >= 15 is 0 Å². The largest absolute Gasteiger partial charge is 0.395 e. The van der Waals surface area contributed by atoms with E-state index < -0.39 is 0 Å². The van der Waals surface area contributed by atoms with Crippen LogP contribution in [0.15, 0.2) is 24.3 Å². The van der Waals surface area contributed by atoms with Gasteiger partial charge in [0.15, 0.2) is 0 Å². The van der Waals surface area contributed by atoms with Crippen molar-refractivity contribution in [1.29, 1.82) is 0 Å². The number of carbonyl (C=O) groups excluding carboxylic acids is 2. The highest BCUT2D eigenvalue weighted by molar-refractivity contribution is 5.97. The fourth-order valence-corrected chi connectivity index (χ4v) is 1.26. The lowest BCUT2D eigenvalue weighted by Gasteiger charge is -2.06. The van der Waals surface area contributed by atoms with Crippen LogP contribution in [0.4, 0.5) is 5.69 Å². The van der Waals surface area contributed by atoms with Crippen molar-refractivity contribution < 1.29 is 14.7 Å². The Labute approximate surface area is 99.8 Å². The van der Waals surface area contributed by atoms with E-state index in [4.69, 9.17) is 5.11 Å². The Kier molecular flexibility index (Phi) is 5.16. The highest BCUT2D eigenvalue weighted by Gasteiger charge is 2.06. The molecule has 3 N–H and O–H groups in total. The lowest BCUT2D eigenvalue weighted by molar-refractivity contribution is -0.115. The summed E-state index contributed by atoms with van der Waals surface area (Å²) in [5.41, 5.74) is 1.04. The van der Waals surface area contributed by atoms with Crippen LogP contribution in [0.25, 0.3) is 0 Å². The average Bonchev–Trinajstić information content (AvgIpc) is 2.36. The van der Waals surface area contributed by atoms with E-state index in [0.29, 0.717) is 17.7 Å². The van der Waals surface area contributed by atoms with Crippen LogP contribution in [0.2, 0.25) is 0 Å². The third-order valence-corrected chi connectivity index (χ3v) is 2.13. The first-order chi connectivity index (χ1) is 8.17. The molecule has 0 radical (unpaired) electrons. The molecule has 1 rings (SSSR count). The minimum absolute atomic E-state index is 0.0992. The minimum Gasteiger partial charge on any atom is -0.395 e. The highest BCUT2D eigenvalue weighted by atomic mass is 16.3. The first-order valence-electron chi connectivity index (χ1n) is 5.46. The number of anilines is 1. The van der Waals surface area contributed by atoms with Gasteiger partial charge in [-0.15, -0.1) is 0 Å². The lowest BCUT2D eigenvalue weighted by atomic mass is 10.2. The second-order valence-corrected chi connectivity index (χ2v) is 3.46. The molecule has 0 fully saturated rings. The van der Waals surface area contributed by atoms with Crippen LogP contribution in [-0.2, 0) is 4.79 Å². The summed E-state index contributed by atoms with van der Waals surface area (Å²) in [6.45, 7) is 1.87. The standard InChI is InChI=1S/C12H16N2O3/c1-2-11(16)14-10-5-3-4-9(8-10)12(17)13-6-7-15/h3-5,8,15H,2,6-7H2,1H3,(H,13,17)(H,14,16). The Bertz CT molecular complexity index is 404. The monoisotopic (exact) mass is 236 g/mol. The molecule has 0 aliphatic heterocycles. The molecule has 0 bridgehead atoms. The first kappa shape index (κ1) is 13.2. The summed E-state index contributed by atoms with van der Waals surface area (Å²) in [7, 11) is 0. The van der Waals surface area contributed by atoms with E-state index in [0.717, 1.165) is 0 Å². The smallest absolute Gasteiger partial charge is 0.251 e. The summed E-state index contributed by atoms with van der Waals surface area (Å²) in [5.74, 6) is -0.371. The molecule has 5 heteroatoms. The average molecular weight is 236 g/mol. The van der Waals surface area contributed by atoms with Gasteiger partial charge in [-0.1, -0.05) is 13.0 Å². The summed E-state index contributed by atoms with van der Waals surface area (Å²) < 4.78 is 0. The molecule has 1 aromatic carbocycles. The van der Waals surface area contributed by atoms with E-state index in [1.807, 2.05) is 0 Å². The highest BCUT2D eigenvalue weighted by Crippen LogP contribution is 2.10. The second-order valence-electron chi connectivity index (χ2n) is 3.46. The maximum absolute atomic E-state index is 11.6.